The zero-order chi connectivity index (χ0) is 13.0. The summed E-state index contributed by atoms with van der Waals surface area (Å²) in [4.78, 5) is 11.8. The maximum absolute atomic E-state index is 12.7. The molecule has 1 saturated carbocycles. The first kappa shape index (κ1) is 12.9. The van der Waals surface area contributed by atoms with Gasteiger partial charge in [-0.15, -0.1) is 0 Å². The van der Waals surface area contributed by atoms with Crippen molar-refractivity contribution in [2.75, 3.05) is 5.32 Å². The van der Waals surface area contributed by atoms with Gasteiger partial charge in [0.1, 0.15) is 5.82 Å². The first-order chi connectivity index (χ1) is 8.65. The molecule has 0 unspecified atom stereocenters. The van der Waals surface area contributed by atoms with Crippen LogP contribution in [0.25, 0.3) is 0 Å². The molecule has 4 heteroatoms. The van der Waals surface area contributed by atoms with Crippen LogP contribution >= 0.6 is 0 Å². The smallest absolute Gasteiger partial charge is 0.319 e. The van der Waals surface area contributed by atoms with E-state index < -0.39 is 0 Å². The molecule has 1 aliphatic carbocycles. The number of nitrogens with one attached hydrogen (secondary N) is 2. The zero-order valence-electron chi connectivity index (χ0n) is 10.6. The van der Waals surface area contributed by atoms with Crippen LogP contribution in [0.3, 0.4) is 0 Å². The Balaban J connectivity index is 1.86. The lowest BCUT2D eigenvalue weighted by molar-refractivity contribution is 0.232. The molecule has 18 heavy (non-hydrogen) atoms. The predicted molar refractivity (Wildman–Crippen MR) is 70.0 cm³/mol. The van der Waals surface area contributed by atoms with E-state index in [0.29, 0.717) is 11.6 Å². The third kappa shape index (κ3) is 3.45. The molecule has 2 N–H and O–H groups in total. The Morgan fingerprint density at radius 1 is 1.22 bits per heavy atom. The maximum atomic E-state index is 12.7. The molecular formula is C14H19FN2O. The van der Waals surface area contributed by atoms with E-state index in [1.54, 1.807) is 12.1 Å². The summed E-state index contributed by atoms with van der Waals surface area (Å²) in [7, 11) is 0. The second kappa shape index (κ2) is 5.85. The van der Waals surface area contributed by atoms with E-state index in [9.17, 15) is 9.18 Å². The van der Waals surface area contributed by atoms with Gasteiger partial charge in [-0.05, 0) is 43.0 Å². The van der Waals surface area contributed by atoms with Crippen LogP contribution in [-0.4, -0.2) is 12.1 Å². The molecule has 3 nitrogen and oxygen atoms in total. The minimum atomic E-state index is -0.304. The highest BCUT2D eigenvalue weighted by atomic mass is 19.1. The monoisotopic (exact) mass is 250 g/mol. The molecule has 0 aromatic heterocycles. The summed E-state index contributed by atoms with van der Waals surface area (Å²) in [6.07, 6.45) is 4.63. The predicted octanol–water partition coefficient (Wildman–Crippen LogP) is 3.53. The van der Waals surface area contributed by atoms with E-state index in [-0.39, 0.29) is 17.9 Å². The summed E-state index contributed by atoms with van der Waals surface area (Å²) in [5.41, 5.74) is 0.609. The van der Waals surface area contributed by atoms with Crippen molar-refractivity contribution in [2.45, 2.75) is 38.6 Å². The van der Waals surface area contributed by atoms with E-state index in [4.69, 9.17) is 0 Å². The van der Waals surface area contributed by atoms with Gasteiger partial charge in [-0.1, -0.05) is 19.8 Å². The molecule has 98 valence electrons. The van der Waals surface area contributed by atoms with Gasteiger partial charge in [-0.3, -0.25) is 0 Å². The molecule has 0 bridgehead atoms. The standard InChI is InChI=1S/C14H19FN2O/c1-10-4-2-3-5-13(10)17-14(18)16-12-8-6-11(15)7-9-12/h6-10,13H,2-5H2,1H3,(H2,16,17,18)/t10-,13+/m0/s1. The van der Waals surface area contributed by atoms with Gasteiger partial charge in [-0.25, -0.2) is 9.18 Å². The number of carbonyl (C=O) groups excluding carboxylic acids is 1. The molecule has 0 aliphatic heterocycles. The summed E-state index contributed by atoms with van der Waals surface area (Å²) >= 11 is 0. The number of hydrogen-bond acceptors (Lipinski definition) is 1. The second-order valence-electron chi connectivity index (χ2n) is 4.97. The molecule has 2 atom stereocenters. The highest BCUT2D eigenvalue weighted by Crippen LogP contribution is 2.23. The first-order valence-corrected chi connectivity index (χ1v) is 6.48. The Bertz CT molecular complexity index is 405. The molecule has 1 fully saturated rings. The number of hydrogen-bond donors (Lipinski definition) is 2. The van der Waals surface area contributed by atoms with Crippen LogP contribution < -0.4 is 10.6 Å². The van der Waals surface area contributed by atoms with Crippen molar-refractivity contribution in [1.82, 2.24) is 5.32 Å². The van der Waals surface area contributed by atoms with Gasteiger partial charge in [0.05, 0.1) is 0 Å². The van der Waals surface area contributed by atoms with Gasteiger partial charge >= 0.3 is 6.03 Å². The molecule has 0 spiro atoms. The van der Waals surface area contributed by atoms with Crippen molar-refractivity contribution in [3.8, 4) is 0 Å². The van der Waals surface area contributed by atoms with E-state index in [2.05, 4.69) is 17.6 Å². The molecular weight excluding hydrogens is 231 g/mol. The molecule has 2 amide bonds. The fourth-order valence-corrected chi connectivity index (χ4v) is 2.40. The molecule has 1 aromatic carbocycles. The van der Waals surface area contributed by atoms with Crippen molar-refractivity contribution in [3.63, 3.8) is 0 Å². The highest BCUT2D eigenvalue weighted by molar-refractivity contribution is 5.89. The van der Waals surface area contributed by atoms with Crippen LogP contribution in [0.1, 0.15) is 32.6 Å². The Kier molecular flexibility index (Phi) is 4.18. The normalized spacial score (nSPS) is 23.4. The highest BCUT2D eigenvalue weighted by Gasteiger charge is 2.22. The van der Waals surface area contributed by atoms with Crippen LogP contribution in [0.5, 0.6) is 0 Å². The SMILES string of the molecule is C[C@H]1CCCC[C@H]1NC(=O)Nc1ccc(F)cc1. The minimum absolute atomic E-state index is 0.208. The fraction of sp³-hybridized carbons (Fsp3) is 0.500. The van der Waals surface area contributed by atoms with Gasteiger partial charge < -0.3 is 10.6 Å². The Labute approximate surface area is 107 Å². The van der Waals surface area contributed by atoms with Gasteiger partial charge in [0.15, 0.2) is 0 Å². The van der Waals surface area contributed by atoms with Gasteiger partial charge in [-0.2, -0.15) is 0 Å². The summed E-state index contributed by atoms with van der Waals surface area (Å²) in [5.74, 6) is 0.222. The molecule has 1 aromatic rings. The van der Waals surface area contributed by atoms with E-state index >= 15 is 0 Å². The van der Waals surface area contributed by atoms with Crippen molar-refractivity contribution in [2.24, 2.45) is 5.92 Å². The van der Waals surface area contributed by atoms with Crippen LogP contribution in [0, 0.1) is 11.7 Å². The number of urea groups is 1. The lowest BCUT2D eigenvalue weighted by Crippen LogP contribution is -2.43. The number of amides is 2. The van der Waals surface area contributed by atoms with E-state index in [0.717, 1.165) is 6.42 Å². The Hall–Kier alpha value is -1.58. The summed E-state index contributed by atoms with van der Waals surface area (Å²) in [6, 6.07) is 5.82. The lowest BCUT2D eigenvalue weighted by Gasteiger charge is -2.29. The molecule has 0 radical (unpaired) electrons. The van der Waals surface area contributed by atoms with Gasteiger partial charge in [0.2, 0.25) is 0 Å². The lowest BCUT2D eigenvalue weighted by atomic mass is 9.86. The summed E-state index contributed by atoms with van der Waals surface area (Å²) in [5, 5.41) is 5.71. The van der Waals surface area contributed by atoms with Crippen molar-refractivity contribution >= 4 is 11.7 Å². The number of halogens is 1. The quantitative estimate of drug-likeness (QED) is 0.828. The largest absolute Gasteiger partial charge is 0.335 e. The van der Waals surface area contributed by atoms with E-state index in [1.165, 1.54) is 31.4 Å². The third-order valence-corrected chi connectivity index (χ3v) is 3.53. The average Bonchev–Trinajstić information content (AvgIpc) is 2.35. The first-order valence-electron chi connectivity index (χ1n) is 6.48. The summed E-state index contributed by atoms with van der Waals surface area (Å²) < 4.78 is 12.7. The fourth-order valence-electron chi connectivity index (χ4n) is 2.40. The van der Waals surface area contributed by atoms with Crippen LogP contribution in [0.4, 0.5) is 14.9 Å². The minimum Gasteiger partial charge on any atom is -0.335 e. The maximum Gasteiger partial charge on any atom is 0.319 e. The van der Waals surface area contributed by atoms with Crippen molar-refractivity contribution in [1.29, 1.82) is 0 Å². The van der Waals surface area contributed by atoms with Crippen LogP contribution in [-0.2, 0) is 0 Å². The molecule has 0 saturated heterocycles. The second-order valence-corrected chi connectivity index (χ2v) is 4.97. The van der Waals surface area contributed by atoms with Crippen molar-refractivity contribution in [3.05, 3.63) is 30.1 Å². The van der Waals surface area contributed by atoms with E-state index in [1.807, 2.05) is 0 Å². The third-order valence-electron chi connectivity index (χ3n) is 3.53. The molecule has 1 aliphatic rings. The number of benzene rings is 1. The zero-order valence-corrected chi connectivity index (χ0v) is 10.6. The number of carbonyl (C=O) groups is 1. The Morgan fingerprint density at radius 3 is 2.56 bits per heavy atom. The molecule has 0 heterocycles. The van der Waals surface area contributed by atoms with Crippen LogP contribution in [0.15, 0.2) is 24.3 Å². The number of rotatable bonds is 2. The summed E-state index contributed by atoms with van der Waals surface area (Å²) in [6.45, 7) is 2.17. The van der Waals surface area contributed by atoms with Gasteiger partial charge in [0, 0.05) is 11.7 Å². The topological polar surface area (TPSA) is 41.1 Å². The van der Waals surface area contributed by atoms with Crippen LogP contribution in [0.2, 0.25) is 0 Å². The average molecular weight is 250 g/mol. The molecule has 2 rings (SSSR count). The number of anilines is 1. The van der Waals surface area contributed by atoms with Gasteiger partial charge in [0.25, 0.3) is 0 Å². The Morgan fingerprint density at radius 2 is 1.89 bits per heavy atom. The van der Waals surface area contributed by atoms with Crippen molar-refractivity contribution < 1.29 is 9.18 Å².